The van der Waals surface area contributed by atoms with Gasteiger partial charge in [-0.3, -0.25) is 14.5 Å². The molecule has 7 heteroatoms. The Balaban J connectivity index is 1.55. The molecule has 0 saturated carbocycles. The maximum atomic E-state index is 12.7. The Morgan fingerprint density at radius 3 is 2.81 bits per heavy atom. The first kappa shape index (κ1) is 19.9. The molecule has 0 aliphatic carbocycles. The largest absolute Gasteiger partial charge is 0.497 e. The molecule has 144 valence electrons. The van der Waals surface area contributed by atoms with Crippen molar-refractivity contribution in [1.82, 2.24) is 9.80 Å². The summed E-state index contributed by atoms with van der Waals surface area (Å²) in [7, 11) is 1.61. The van der Waals surface area contributed by atoms with Crippen LogP contribution in [0.3, 0.4) is 0 Å². The number of ether oxygens (including phenoxy) is 1. The number of rotatable bonds is 6. The molecular weight excluding hydrogens is 380 g/mol. The van der Waals surface area contributed by atoms with Crippen LogP contribution in [0.2, 0.25) is 0 Å². The van der Waals surface area contributed by atoms with E-state index in [1.54, 1.807) is 12.0 Å². The van der Waals surface area contributed by atoms with Gasteiger partial charge in [-0.1, -0.05) is 36.1 Å². The quantitative estimate of drug-likeness (QED) is 0.535. The van der Waals surface area contributed by atoms with Crippen molar-refractivity contribution in [2.75, 3.05) is 26.7 Å². The number of methoxy groups -OCH3 is 1. The minimum absolute atomic E-state index is 0.0850. The molecule has 0 N–H and O–H groups in total. The van der Waals surface area contributed by atoms with Crippen LogP contribution in [0.1, 0.15) is 37.7 Å². The highest BCUT2D eigenvalue weighted by Crippen LogP contribution is 2.33. The number of piperidine rings is 1. The lowest BCUT2D eigenvalue weighted by Gasteiger charge is -2.27. The fraction of sp³-hybridized carbons (Fsp3) is 0.450. The highest BCUT2D eigenvalue weighted by molar-refractivity contribution is 8.26. The van der Waals surface area contributed by atoms with E-state index < -0.39 is 0 Å². The molecule has 2 heterocycles. The van der Waals surface area contributed by atoms with Gasteiger partial charge in [-0.25, -0.2) is 0 Å². The fourth-order valence-corrected chi connectivity index (χ4v) is 4.57. The van der Waals surface area contributed by atoms with Crippen LogP contribution in [-0.4, -0.2) is 52.7 Å². The third-order valence-corrected chi connectivity index (χ3v) is 6.12. The van der Waals surface area contributed by atoms with Crippen LogP contribution in [0.15, 0.2) is 29.2 Å². The highest BCUT2D eigenvalue weighted by Gasteiger charge is 2.31. The zero-order valence-corrected chi connectivity index (χ0v) is 17.1. The maximum absolute atomic E-state index is 12.7. The molecule has 27 heavy (non-hydrogen) atoms. The average molecular weight is 405 g/mol. The van der Waals surface area contributed by atoms with E-state index in [2.05, 4.69) is 0 Å². The Kier molecular flexibility index (Phi) is 6.90. The van der Waals surface area contributed by atoms with E-state index in [-0.39, 0.29) is 11.8 Å². The molecule has 0 bridgehead atoms. The van der Waals surface area contributed by atoms with Gasteiger partial charge < -0.3 is 9.64 Å². The lowest BCUT2D eigenvalue weighted by molar-refractivity contribution is -0.132. The Labute approximate surface area is 169 Å². The molecule has 1 aromatic carbocycles. The number of thiocarbonyl (C=S) groups is 1. The lowest BCUT2D eigenvalue weighted by Crippen LogP contribution is -2.36. The zero-order chi connectivity index (χ0) is 19.2. The topological polar surface area (TPSA) is 49.9 Å². The third-order valence-electron chi connectivity index (χ3n) is 4.75. The first-order valence-electron chi connectivity index (χ1n) is 9.25. The Bertz CT molecular complexity index is 757. The minimum atomic E-state index is -0.0850. The van der Waals surface area contributed by atoms with Gasteiger partial charge in [-0.05, 0) is 49.5 Å². The van der Waals surface area contributed by atoms with Gasteiger partial charge in [0, 0.05) is 26.1 Å². The number of hydrogen-bond acceptors (Lipinski definition) is 5. The van der Waals surface area contributed by atoms with Crippen molar-refractivity contribution in [2.45, 2.75) is 32.1 Å². The van der Waals surface area contributed by atoms with E-state index >= 15 is 0 Å². The van der Waals surface area contributed by atoms with E-state index in [1.165, 1.54) is 18.2 Å². The molecule has 3 rings (SSSR count). The molecule has 2 saturated heterocycles. The minimum Gasteiger partial charge on any atom is -0.497 e. The highest BCUT2D eigenvalue weighted by atomic mass is 32.2. The van der Waals surface area contributed by atoms with Gasteiger partial charge in [-0.2, -0.15) is 0 Å². The number of carbonyl (C=O) groups excluding carboxylic acids is 2. The van der Waals surface area contributed by atoms with E-state index in [0.29, 0.717) is 28.6 Å². The molecule has 0 spiro atoms. The van der Waals surface area contributed by atoms with Gasteiger partial charge in [0.25, 0.3) is 5.91 Å². The summed E-state index contributed by atoms with van der Waals surface area (Å²) >= 11 is 6.68. The first-order chi connectivity index (χ1) is 13.1. The summed E-state index contributed by atoms with van der Waals surface area (Å²) < 4.78 is 5.78. The molecule has 5 nitrogen and oxygen atoms in total. The molecule has 2 amide bonds. The lowest BCUT2D eigenvalue weighted by atomic mass is 10.1. The van der Waals surface area contributed by atoms with Gasteiger partial charge in [-0.15, -0.1) is 0 Å². The van der Waals surface area contributed by atoms with Crippen LogP contribution in [0.4, 0.5) is 0 Å². The molecule has 2 aliphatic heterocycles. The molecular formula is C20H24N2O3S2. The number of amides is 2. The van der Waals surface area contributed by atoms with Crippen LogP contribution in [-0.2, 0) is 9.59 Å². The van der Waals surface area contributed by atoms with Crippen molar-refractivity contribution in [3.63, 3.8) is 0 Å². The number of nitrogens with zero attached hydrogens (tertiary/aromatic N) is 2. The van der Waals surface area contributed by atoms with Crippen molar-refractivity contribution in [3.05, 3.63) is 34.7 Å². The Morgan fingerprint density at radius 2 is 2.07 bits per heavy atom. The number of carbonyl (C=O) groups is 2. The van der Waals surface area contributed by atoms with Gasteiger partial charge >= 0.3 is 0 Å². The molecule has 0 aromatic heterocycles. The van der Waals surface area contributed by atoms with Crippen LogP contribution >= 0.6 is 24.0 Å². The van der Waals surface area contributed by atoms with Crippen LogP contribution in [0.5, 0.6) is 5.75 Å². The third kappa shape index (κ3) is 5.11. The maximum Gasteiger partial charge on any atom is 0.266 e. The molecule has 0 atom stereocenters. The van der Waals surface area contributed by atoms with Crippen molar-refractivity contribution < 1.29 is 14.3 Å². The van der Waals surface area contributed by atoms with Gasteiger partial charge in [0.2, 0.25) is 5.91 Å². The predicted octanol–water partition coefficient (Wildman–Crippen LogP) is 3.69. The summed E-state index contributed by atoms with van der Waals surface area (Å²) in [6, 6.07) is 7.55. The van der Waals surface area contributed by atoms with Crippen LogP contribution in [0, 0.1) is 0 Å². The van der Waals surface area contributed by atoms with E-state index in [1.807, 2.05) is 35.2 Å². The number of likely N-dealkylation sites (tertiary alicyclic amines) is 1. The predicted molar refractivity (Wildman–Crippen MR) is 113 cm³/mol. The summed E-state index contributed by atoms with van der Waals surface area (Å²) in [5.41, 5.74) is 0.898. The number of hydrogen-bond donors (Lipinski definition) is 0. The second kappa shape index (κ2) is 9.37. The summed E-state index contributed by atoms with van der Waals surface area (Å²) in [6.07, 6.45) is 6.33. The van der Waals surface area contributed by atoms with Crippen molar-refractivity contribution in [3.8, 4) is 5.75 Å². The Morgan fingerprint density at radius 1 is 1.30 bits per heavy atom. The second-order valence-corrected chi connectivity index (χ2v) is 8.33. The second-order valence-electron chi connectivity index (χ2n) is 6.65. The van der Waals surface area contributed by atoms with Gasteiger partial charge in [0.05, 0.1) is 12.0 Å². The monoisotopic (exact) mass is 404 g/mol. The average Bonchev–Trinajstić information content (AvgIpc) is 2.96. The van der Waals surface area contributed by atoms with Gasteiger partial charge in [0.1, 0.15) is 10.1 Å². The molecule has 2 fully saturated rings. The van der Waals surface area contributed by atoms with Crippen LogP contribution in [0.25, 0.3) is 6.08 Å². The van der Waals surface area contributed by atoms with Crippen molar-refractivity contribution in [1.29, 1.82) is 0 Å². The normalized spacial score (nSPS) is 19.1. The molecule has 0 radical (unpaired) electrons. The molecule has 2 aliphatic rings. The van der Waals surface area contributed by atoms with E-state index in [4.69, 9.17) is 17.0 Å². The number of benzene rings is 1. The first-order valence-corrected chi connectivity index (χ1v) is 10.5. The zero-order valence-electron chi connectivity index (χ0n) is 15.5. The molecule has 1 aromatic rings. The summed E-state index contributed by atoms with van der Waals surface area (Å²) in [5.74, 6) is 0.848. The van der Waals surface area contributed by atoms with Crippen LogP contribution < -0.4 is 4.74 Å². The summed E-state index contributed by atoms with van der Waals surface area (Å²) in [6.45, 7) is 2.21. The van der Waals surface area contributed by atoms with E-state index in [9.17, 15) is 9.59 Å². The Hall–Kier alpha value is -1.86. The standard InChI is InChI=1S/C20H24N2O3S2/c1-25-16-8-5-7-15(13-16)14-17-19(24)22(20(26)27-17)12-6-9-18(23)21-10-3-2-4-11-21/h5,7-8,13-14H,2-4,6,9-12H2,1H3. The number of thioether (sulfide) groups is 1. The molecule has 0 unspecified atom stereocenters. The van der Waals surface area contributed by atoms with E-state index in [0.717, 1.165) is 37.2 Å². The smallest absolute Gasteiger partial charge is 0.266 e. The van der Waals surface area contributed by atoms with Crippen molar-refractivity contribution >= 4 is 46.2 Å². The summed E-state index contributed by atoms with van der Waals surface area (Å²) in [5, 5.41) is 0. The van der Waals surface area contributed by atoms with Gasteiger partial charge in [0.15, 0.2) is 0 Å². The fourth-order valence-electron chi connectivity index (χ4n) is 3.27. The van der Waals surface area contributed by atoms with Crippen molar-refractivity contribution in [2.24, 2.45) is 0 Å². The SMILES string of the molecule is COc1cccc(C=C2SC(=S)N(CCCC(=O)N3CCCCC3)C2=O)c1. The summed E-state index contributed by atoms with van der Waals surface area (Å²) in [4.78, 5) is 29.1.